The lowest BCUT2D eigenvalue weighted by atomic mass is 10.0. The highest BCUT2D eigenvalue weighted by molar-refractivity contribution is 5.94. The van der Waals surface area contributed by atoms with Crippen molar-refractivity contribution in [1.82, 2.24) is 16.0 Å². The molecule has 0 rings (SSSR count). The number of rotatable bonds is 17. The van der Waals surface area contributed by atoms with E-state index >= 15 is 0 Å². The van der Waals surface area contributed by atoms with Crippen LogP contribution in [0.5, 0.6) is 0 Å². The summed E-state index contributed by atoms with van der Waals surface area (Å²) in [5, 5.41) is 17.2. The van der Waals surface area contributed by atoms with E-state index in [9.17, 15) is 24.3 Å². The third-order valence-corrected chi connectivity index (χ3v) is 4.89. The molecule has 0 heterocycles. The van der Waals surface area contributed by atoms with Crippen LogP contribution in [0.1, 0.15) is 52.9 Å². The number of carboxylic acid groups (broad SMARTS) is 1. The van der Waals surface area contributed by atoms with Crippen LogP contribution in [-0.2, 0) is 19.2 Å². The van der Waals surface area contributed by atoms with Crippen molar-refractivity contribution in [3.05, 3.63) is 0 Å². The molecule has 36 heavy (non-hydrogen) atoms. The van der Waals surface area contributed by atoms with Gasteiger partial charge in [0.25, 0.3) is 0 Å². The van der Waals surface area contributed by atoms with Gasteiger partial charge in [0.2, 0.25) is 17.7 Å². The first-order valence-corrected chi connectivity index (χ1v) is 11.7. The molecule has 0 saturated heterocycles. The molecule has 0 bridgehead atoms. The summed E-state index contributed by atoms with van der Waals surface area (Å²) in [4.78, 5) is 57.4. The Balaban J connectivity index is 5.54. The number of aliphatic imine (C=N–C) groups is 2. The molecule has 0 aromatic rings. The number of carbonyl (C=O) groups excluding carboxylic acids is 3. The van der Waals surface area contributed by atoms with Crippen LogP contribution in [0.4, 0.5) is 0 Å². The molecule has 0 aliphatic heterocycles. The molecule has 4 unspecified atom stereocenters. The van der Waals surface area contributed by atoms with Crippen LogP contribution in [0.2, 0.25) is 0 Å². The Hall–Kier alpha value is -3.62. The van der Waals surface area contributed by atoms with Crippen molar-refractivity contribution in [2.75, 3.05) is 13.1 Å². The second kappa shape index (κ2) is 16.9. The largest absolute Gasteiger partial charge is 0.480 e. The van der Waals surface area contributed by atoms with E-state index in [2.05, 4.69) is 25.9 Å². The maximum absolute atomic E-state index is 13.0. The number of carbonyl (C=O) groups is 4. The van der Waals surface area contributed by atoms with Gasteiger partial charge in [0.1, 0.15) is 18.1 Å². The fraction of sp³-hybridized carbons (Fsp3) is 0.714. The minimum Gasteiger partial charge on any atom is -0.480 e. The van der Waals surface area contributed by atoms with Crippen molar-refractivity contribution in [1.29, 1.82) is 0 Å². The van der Waals surface area contributed by atoms with E-state index in [0.29, 0.717) is 19.3 Å². The number of nitrogens with zero attached hydrogens (tertiary/aromatic N) is 2. The molecule has 0 saturated carbocycles. The molecule has 0 spiro atoms. The monoisotopic (exact) mass is 514 g/mol. The molecule has 15 heteroatoms. The average molecular weight is 515 g/mol. The number of carboxylic acids is 1. The second-order valence-electron chi connectivity index (χ2n) is 8.84. The summed E-state index contributed by atoms with van der Waals surface area (Å²) in [5.41, 5.74) is 26.8. The third kappa shape index (κ3) is 14.6. The van der Waals surface area contributed by atoms with Gasteiger partial charge in [0, 0.05) is 13.1 Å². The molecule has 0 aromatic heterocycles. The van der Waals surface area contributed by atoms with E-state index < -0.39 is 47.9 Å². The molecule has 0 fully saturated rings. The van der Waals surface area contributed by atoms with Gasteiger partial charge in [-0.25, -0.2) is 4.79 Å². The molecule has 14 N–H and O–H groups in total. The molecular weight excluding hydrogens is 472 g/mol. The highest BCUT2D eigenvalue weighted by atomic mass is 16.4. The van der Waals surface area contributed by atoms with E-state index in [1.54, 1.807) is 0 Å². The van der Waals surface area contributed by atoms with Crippen molar-refractivity contribution in [2.45, 2.75) is 77.0 Å². The molecule has 15 nitrogen and oxygen atoms in total. The summed E-state index contributed by atoms with van der Waals surface area (Å²) >= 11 is 0. The van der Waals surface area contributed by atoms with Crippen LogP contribution in [-0.4, -0.2) is 78.0 Å². The summed E-state index contributed by atoms with van der Waals surface area (Å²) < 4.78 is 0. The fourth-order valence-corrected chi connectivity index (χ4v) is 3.08. The van der Waals surface area contributed by atoms with E-state index in [1.165, 1.54) is 6.92 Å². The first-order valence-electron chi connectivity index (χ1n) is 11.7. The molecule has 0 aliphatic carbocycles. The van der Waals surface area contributed by atoms with Crippen LogP contribution in [0, 0.1) is 5.92 Å². The van der Waals surface area contributed by atoms with Gasteiger partial charge in [-0.05, 0) is 44.9 Å². The van der Waals surface area contributed by atoms with Crippen LogP contribution in [0.25, 0.3) is 0 Å². The van der Waals surface area contributed by atoms with Gasteiger partial charge in [0.05, 0.1) is 6.04 Å². The topological polar surface area (TPSA) is 279 Å². The predicted molar refractivity (Wildman–Crippen MR) is 136 cm³/mol. The van der Waals surface area contributed by atoms with Gasteiger partial charge in [-0.15, -0.1) is 0 Å². The molecule has 4 atom stereocenters. The number of hydrogen-bond donors (Lipinski definition) is 9. The quantitative estimate of drug-likeness (QED) is 0.0539. The van der Waals surface area contributed by atoms with Crippen LogP contribution in [0.3, 0.4) is 0 Å². The highest BCUT2D eigenvalue weighted by Gasteiger charge is 2.30. The minimum absolute atomic E-state index is 0.0462. The number of nitrogens with two attached hydrogens (primary N) is 5. The van der Waals surface area contributed by atoms with Gasteiger partial charge in [-0.3, -0.25) is 24.4 Å². The molecule has 0 aromatic carbocycles. The average Bonchev–Trinajstić information content (AvgIpc) is 2.76. The lowest BCUT2D eigenvalue weighted by molar-refractivity contribution is -0.142. The minimum atomic E-state index is -1.25. The van der Waals surface area contributed by atoms with Gasteiger partial charge in [0.15, 0.2) is 11.9 Å². The first-order chi connectivity index (χ1) is 16.7. The van der Waals surface area contributed by atoms with E-state index in [4.69, 9.17) is 28.7 Å². The Morgan fingerprint density at radius 3 is 1.56 bits per heavy atom. The Bertz CT molecular complexity index is 792. The Kier molecular flexibility index (Phi) is 15.2. The number of nitrogens with one attached hydrogen (secondary N) is 3. The van der Waals surface area contributed by atoms with E-state index in [0.717, 1.165) is 0 Å². The van der Waals surface area contributed by atoms with Crippen molar-refractivity contribution in [2.24, 2.45) is 44.6 Å². The Morgan fingerprint density at radius 2 is 1.14 bits per heavy atom. The first kappa shape index (κ1) is 32.4. The smallest absolute Gasteiger partial charge is 0.326 e. The zero-order valence-corrected chi connectivity index (χ0v) is 21.2. The number of guanidine groups is 2. The highest BCUT2D eigenvalue weighted by Crippen LogP contribution is 2.08. The van der Waals surface area contributed by atoms with Crippen molar-refractivity contribution >= 4 is 35.6 Å². The number of aliphatic carboxylic acids is 1. The predicted octanol–water partition coefficient (Wildman–Crippen LogP) is -2.97. The summed E-state index contributed by atoms with van der Waals surface area (Å²) in [6, 6.07) is -4.10. The van der Waals surface area contributed by atoms with Crippen molar-refractivity contribution in [3.63, 3.8) is 0 Å². The molecule has 0 aliphatic rings. The molecule has 3 amide bonds. The van der Waals surface area contributed by atoms with Gasteiger partial charge in [-0.1, -0.05) is 13.8 Å². The SMILES string of the molecule is CC(C)CC(NC(=O)C(C)N)C(=O)NC(CCCN=C(N)N)C(=O)NC(CCCN=C(N)N)C(=O)O. The van der Waals surface area contributed by atoms with Crippen LogP contribution in [0.15, 0.2) is 9.98 Å². The Morgan fingerprint density at radius 1 is 0.722 bits per heavy atom. The van der Waals surface area contributed by atoms with Gasteiger partial charge >= 0.3 is 5.97 Å². The number of hydrogen-bond acceptors (Lipinski definition) is 7. The van der Waals surface area contributed by atoms with Crippen LogP contribution < -0.4 is 44.6 Å². The zero-order valence-electron chi connectivity index (χ0n) is 21.2. The van der Waals surface area contributed by atoms with E-state index in [-0.39, 0.29) is 43.8 Å². The third-order valence-electron chi connectivity index (χ3n) is 4.89. The Labute approximate surface area is 211 Å². The zero-order chi connectivity index (χ0) is 27.8. The number of amides is 3. The van der Waals surface area contributed by atoms with Crippen LogP contribution >= 0.6 is 0 Å². The van der Waals surface area contributed by atoms with Crippen molar-refractivity contribution in [3.8, 4) is 0 Å². The lowest BCUT2D eigenvalue weighted by Crippen LogP contribution is -2.57. The standard InChI is InChI=1S/C21H42N10O5/c1-11(2)10-15(31-16(32)12(3)22)18(34)29-13(6-4-8-27-20(23)24)17(33)30-14(19(35)36)7-5-9-28-21(25)26/h11-15H,4-10,22H2,1-3H3,(H,29,34)(H,30,33)(H,31,32)(H,35,36)(H4,23,24,27)(H4,25,26,28). The normalized spacial score (nSPS) is 14.0. The fourth-order valence-electron chi connectivity index (χ4n) is 3.08. The summed E-state index contributed by atoms with van der Waals surface area (Å²) in [7, 11) is 0. The maximum Gasteiger partial charge on any atom is 0.326 e. The molecule has 0 radical (unpaired) electrons. The molecule has 206 valence electrons. The second-order valence-corrected chi connectivity index (χ2v) is 8.84. The molecular formula is C21H42N10O5. The van der Waals surface area contributed by atoms with Gasteiger partial charge < -0.3 is 49.7 Å². The maximum atomic E-state index is 13.0. The van der Waals surface area contributed by atoms with E-state index in [1.807, 2.05) is 13.8 Å². The lowest BCUT2D eigenvalue weighted by Gasteiger charge is -2.25. The summed E-state index contributed by atoms with van der Waals surface area (Å²) in [6.07, 6.45) is 1.10. The summed E-state index contributed by atoms with van der Waals surface area (Å²) in [6.45, 7) is 5.62. The van der Waals surface area contributed by atoms with Gasteiger partial charge in [-0.2, -0.15) is 0 Å². The summed E-state index contributed by atoms with van der Waals surface area (Å²) in [5.74, 6) is -3.27. The van der Waals surface area contributed by atoms with Crippen molar-refractivity contribution < 1.29 is 24.3 Å².